The number of carbonyl (C=O) groups is 1. The number of amides is 2. The number of aromatic nitrogens is 1. The maximum Gasteiger partial charge on any atom is 0.316 e. The summed E-state index contributed by atoms with van der Waals surface area (Å²) in [4.78, 5) is 19.2. The Balaban J connectivity index is 0.00000289. The number of urea groups is 1. The van der Waals surface area contributed by atoms with E-state index in [2.05, 4.69) is 32.4 Å². The molecule has 2 heterocycles. The molecule has 32 heavy (non-hydrogen) atoms. The van der Waals surface area contributed by atoms with Gasteiger partial charge in [-0.25, -0.2) is 4.79 Å². The second-order valence-corrected chi connectivity index (χ2v) is 7.98. The maximum absolute atomic E-state index is 11.1. The summed E-state index contributed by atoms with van der Waals surface area (Å²) in [5.74, 6) is 0. The summed E-state index contributed by atoms with van der Waals surface area (Å²) in [7, 11) is 0. The third kappa shape index (κ3) is 5.52. The SMILES string of the molecule is Cl.N#Cc1ccccc1N1CCN(CCCCc2c[nH]c3ccc(NC(N)=O)cc23)CC1. The predicted octanol–water partition coefficient (Wildman–Crippen LogP) is 4.10. The fourth-order valence-electron chi connectivity index (χ4n) is 4.31. The average Bonchev–Trinajstić information content (AvgIpc) is 3.19. The van der Waals surface area contributed by atoms with Gasteiger partial charge in [0, 0.05) is 49.0 Å². The molecule has 1 aliphatic heterocycles. The summed E-state index contributed by atoms with van der Waals surface area (Å²) in [6.07, 6.45) is 5.30. The Labute approximate surface area is 194 Å². The van der Waals surface area contributed by atoms with Gasteiger partial charge in [0.25, 0.3) is 0 Å². The second-order valence-electron chi connectivity index (χ2n) is 7.98. The van der Waals surface area contributed by atoms with Crippen molar-refractivity contribution >= 4 is 40.7 Å². The molecule has 168 valence electrons. The highest BCUT2D eigenvalue weighted by atomic mass is 35.5. The highest BCUT2D eigenvalue weighted by Gasteiger charge is 2.18. The molecule has 0 aliphatic carbocycles. The fourth-order valence-corrected chi connectivity index (χ4v) is 4.31. The molecule has 0 unspecified atom stereocenters. The van der Waals surface area contributed by atoms with E-state index in [9.17, 15) is 10.1 Å². The van der Waals surface area contributed by atoms with Crippen LogP contribution in [0.5, 0.6) is 0 Å². The number of rotatable bonds is 7. The molecule has 1 aromatic heterocycles. The first kappa shape index (κ1) is 23.5. The lowest BCUT2D eigenvalue weighted by Gasteiger charge is -2.36. The van der Waals surface area contributed by atoms with Gasteiger partial charge in [0.15, 0.2) is 0 Å². The maximum atomic E-state index is 11.1. The number of H-pyrrole nitrogens is 1. The number of primary amides is 1. The van der Waals surface area contributed by atoms with Crippen molar-refractivity contribution in [2.24, 2.45) is 5.73 Å². The van der Waals surface area contributed by atoms with E-state index in [1.807, 2.05) is 42.5 Å². The summed E-state index contributed by atoms with van der Waals surface area (Å²) in [5.41, 5.74) is 10.1. The number of hydrogen-bond acceptors (Lipinski definition) is 4. The average molecular weight is 453 g/mol. The molecular weight excluding hydrogens is 424 g/mol. The molecule has 1 saturated heterocycles. The van der Waals surface area contributed by atoms with Crippen LogP contribution >= 0.6 is 12.4 Å². The molecule has 1 aliphatic rings. The van der Waals surface area contributed by atoms with Crippen LogP contribution in [0.3, 0.4) is 0 Å². The zero-order valence-corrected chi connectivity index (χ0v) is 18.8. The van der Waals surface area contributed by atoms with Gasteiger partial charge in [0.2, 0.25) is 0 Å². The number of carbonyl (C=O) groups excluding carboxylic acids is 1. The molecule has 0 spiro atoms. The number of anilines is 2. The molecule has 3 aromatic rings. The Bertz CT molecular complexity index is 1100. The molecule has 2 amide bonds. The van der Waals surface area contributed by atoms with E-state index >= 15 is 0 Å². The molecule has 1 fully saturated rings. The number of halogens is 1. The third-order valence-electron chi connectivity index (χ3n) is 5.94. The number of benzene rings is 2. The number of piperazine rings is 1. The topological polar surface area (TPSA) is 101 Å². The Morgan fingerprint density at radius 1 is 1.12 bits per heavy atom. The van der Waals surface area contributed by atoms with Crippen molar-refractivity contribution in [1.82, 2.24) is 9.88 Å². The van der Waals surface area contributed by atoms with Crippen molar-refractivity contribution in [3.8, 4) is 6.07 Å². The quantitative estimate of drug-likeness (QED) is 0.470. The van der Waals surface area contributed by atoms with Crippen LogP contribution in [-0.4, -0.2) is 48.6 Å². The number of nitrogens with zero attached hydrogens (tertiary/aromatic N) is 3. The van der Waals surface area contributed by atoms with Crippen molar-refractivity contribution in [2.45, 2.75) is 19.3 Å². The molecule has 0 bridgehead atoms. The van der Waals surface area contributed by atoms with Crippen LogP contribution in [0.4, 0.5) is 16.2 Å². The van der Waals surface area contributed by atoms with E-state index in [-0.39, 0.29) is 12.4 Å². The zero-order chi connectivity index (χ0) is 21.6. The zero-order valence-electron chi connectivity index (χ0n) is 18.0. The van der Waals surface area contributed by atoms with Crippen LogP contribution in [0.2, 0.25) is 0 Å². The molecule has 4 N–H and O–H groups in total. The molecule has 0 atom stereocenters. The molecule has 4 rings (SSSR count). The molecule has 8 heteroatoms. The van der Waals surface area contributed by atoms with Crippen LogP contribution < -0.4 is 16.0 Å². The number of fused-ring (bicyclic) bond motifs is 1. The summed E-state index contributed by atoms with van der Waals surface area (Å²) >= 11 is 0. The Morgan fingerprint density at radius 3 is 2.66 bits per heavy atom. The minimum atomic E-state index is -0.548. The summed E-state index contributed by atoms with van der Waals surface area (Å²) in [6.45, 7) is 5.04. The van der Waals surface area contributed by atoms with Crippen molar-refractivity contribution in [1.29, 1.82) is 5.26 Å². The number of aromatic amines is 1. The fraction of sp³-hybridized carbons (Fsp3) is 0.333. The van der Waals surface area contributed by atoms with Gasteiger partial charge < -0.3 is 20.9 Å². The minimum Gasteiger partial charge on any atom is -0.368 e. The van der Waals surface area contributed by atoms with Crippen LogP contribution in [0.25, 0.3) is 10.9 Å². The van der Waals surface area contributed by atoms with E-state index < -0.39 is 6.03 Å². The van der Waals surface area contributed by atoms with Gasteiger partial charge in [-0.3, -0.25) is 4.90 Å². The number of nitriles is 1. The molecule has 2 aromatic carbocycles. The van der Waals surface area contributed by atoms with Crippen molar-refractivity contribution in [3.05, 3.63) is 59.8 Å². The van der Waals surface area contributed by atoms with Gasteiger partial charge in [-0.2, -0.15) is 5.26 Å². The Morgan fingerprint density at radius 2 is 1.91 bits per heavy atom. The number of para-hydroxylation sites is 1. The van der Waals surface area contributed by atoms with Gasteiger partial charge in [0.05, 0.1) is 11.3 Å². The largest absolute Gasteiger partial charge is 0.368 e. The number of aryl methyl sites for hydroxylation is 1. The van der Waals surface area contributed by atoms with E-state index in [0.29, 0.717) is 0 Å². The lowest BCUT2D eigenvalue weighted by Crippen LogP contribution is -2.46. The van der Waals surface area contributed by atoms with E-state index in [1.165, 1.54) is 5.56 Å². The highest BCUT2D eigenvalue weighted by molar-refractivity contribution is 5.93. The molecule has 0 saturated carbocycles. The van der Waals surface area contributed by atoms with Gasteiger partial charge in [-0.05, 0) is 61.7 Å². The van der Waals surface area contributed by atoms with Crippen molar-refractivity contribution in [2.75, 3.05) is 42.9 Å². The number of nitrogens with two attached hydrogens (primary N) is 1. The van der Waals surface area contributed by atoms with Crippen molar-refractivity contribution in [3.63, 3.8) is 0 Å². The van der Waals surface area contributed by atoms with Gasteiger partial charge in [0.1, 0.15) is 6.07 Å². The summed E-state index contributed by atoms with van der Waals surface area (Å²) in [6, 6.07) is 15.4. The monoisotopic (exact) mass is 452 g/mol. The van der Waals surface area contributed by atoms with Crippen molar-refractivity contribution < 1.29 is 4.79 Å². The van der Waals surface area contributed by atoms with Crippen LogP contribution in [0.1, 0.15) is 24.0 Å². The summed E-state index contributed by atoms with van der Waals surface area (Å²) < 4.78 is 0. The number of unbranched alkanes of at least 4 members (excludes halogenated alkanes) is 1. The number of nitrogens with one attached hydrogen (secondary N) is 2. The first-order valence-electron chi connectivity index (χ1n) is 10.8. The molecule has 7 nitrogen and oxygen atoms in total. The second kappa shape index (κ2) is 10.9. The van der Waals surface area contributed by atoms with Crippen LogP contribution in [0.15, 0.2) is 48.7 Å². The minimum absolute atomic E-state index is 0. The predicted molar refractivity (Wildman–Crippen MR) is 132 cm³/mol. The highest BCUT2D eigenvalue weighted by Crippen LogP contribution is 2.24. The standard InChI is InChI=1S/C24H28N6O.ClH/c25-16-18-5-1-2-7-23(18)30-13-11-29(12-14-30)10-4-3-6-19-17-27-22-9-8-20(15-21(19)22)28-24(26)31;/h1-2,5,7-9,15,17,27H,3-4,6,10-14H2,(H3,26,28,31);1H. The van der Waals surface area contributed by atoms with Crippen LogP contribution in [0, 0.1) is 11.3 Å². The third-order valence-corrected chi connectivity index (χ3v) is 5.94. The summed E-state index contributed by atoms with van der Waals surface area (Å²) in [5, 5.41) is 13.1. The van der Waals surface area contributed by atoms with Crippen LogP contribution in [-0.2, 0) is 6.42 Å². The van der Waals surface area contributed by atoms with Gasteiger partial charge in [-0.15, -0.1) is 12.4 Å². The van der Waals surface area contributed by atoms with Gasteiger partial charge in [-0.1, -0.05) is 12.1 Å². The molecular formula is C24H29ClN6O. The smallest absolute Gasteiger partial charge is 0.316 e. The first-order valence-corrected chi connectivity index (χ1v) is 10.8. The normalized spacial score (nSPS) is 14.0. The van der Waals surface area contributed by atoms with E-state index in [4.69, 9.17) is 5.73 Å². The first-order chi connectivity index (χ1) is 15.1. The van der Waals surface area contributed by atoms with E-state index in [1.54, 1.807) is 0 Å². The Kier molecular flexibility index (Phi) is 7.98. The van der Waals surface area contributed by atoms with E-state index in [0.717, 1.165) is 79.8 Å². The lowest BCUT2D eigenvalue weighted by atomic mass is 10.1. The lowest BCUT2D eigenvalue weighted by molar-refractivity contribution is 0.253. The Hall–Kier alpha value is -3.21. The molecule has 0 radical (unpaired) electrons. The van der Waals surface area contributed by atoms with Gasteiger partial charge >= 0.3 is 6.03 Å². The number of hydrogen-bond donors (Lipinski definition) is 3.